The van der Waals surface area contributed by atoms with Crippen LogP contribution < -0.4 is 26.0 Å². The Balaban J connectivity index is 1.35. The zero-order chi connectivity index (χ0) is 21.4. The standard InChI is InChI=1S/C22H30N8O/c1-3-4-7-25-20-19-17(26-21(23)27-20)10-30(28-19)9-15-5-6-16(8-18(15)31-2)29-13-22(14-29)11-24-12-22/h5-6,8,10,24H,3-4,7,9,11-14H2,1-2H3,(H3,23,25,26,27). The third-order valence-electron chi connectivity index (χ3n) is 6.27. The number of rotatable bonds is 8. The molecule has 4 N–H and O–H groups in total. The molecule has 31 heavy (non-hydrogen) atoms. The van der Waals surface area contributed by atoms with E-state index in [0.29, 0.717) is 17.8 Å². The molecule has 9 nitrogen and oxygen atoms in total. The second kappa shape index (κ2) is 7.88. The molecule has 2 fully saturated rings. The van der Waals surface area contributed by atoms with Crippen molar-refractivity contribution < 1.29 is 4.74 Å². The molecule has 0 saturated carbocycles. The second-order valence-corrected chi connectivity index (χ2v) is 8.73. The minimum absolute atomic E-state index is 0.252. The van der Waals surface area contributed by atoms with Crippen LogP contribution in [0.3, 0.4) is 0 Å². The molecule has 2 saturated heterocycles. The second-order valence-electron chi connectivity index (χ2n) is 8.73. The van der Waals surface area contributed by atoms with Gasteiger partial charge in [0.1, 0.15) is 11.3 Å². The molecule has 0 atom stereocenters. The van der Waals surface area contributed by atoms with Gasteiger partial charge in [-0.25, -0.2) is 4.98 Å². The minimum Gasteiger partial charge on any atom is -0.496 e. The molecule has 3 aromatic rings. The normalized spacial score (nSPS) is 16.9. The van der Waals surface area contributed by atoms with E-state index in [4.69, 9.17) is 15.6 Å². The van der Waals surface area contributed by atoms with Crippen LogP contribution in [0.2, 0.25) is 0 Å². The zero-order valence-corrected chi connectivity index (χ0v) is 18.2. The van der Waals surface area contributed by atoms with Crippen molar-refractivity contribution >= 4 is 28.5 Å². The first kappa shape index (κ1) is 19.9. The van der Waals surface area contributed by atoms with E-state index < -0.39 is 0 Å². The number of unbranched alkanes of at least 4 members (excludes halogenated alkanes) is 1. The van der Waals surface area contributed by atoms with Crippen molar-refractivity contribution in [3.05, 3.63) is 30.0 Å². The summed E-state index contributed by atoms with van der Waals surface area (Å²) < 4.78 is 7.59. The predicted molar refractivity (Wildman–Crippen MR) is 123 cm³/mol. The van der Waals surface area contributed by atoms with Crippen molar-refractivity contribution in [3.63, 3.8) is 0 Å². The molecule has 0 radical (unpaired) electrons. The van der Waals surface area contributed by atoms with Crippen LogP contribution in [0.4, 0.5) is 17.5 Å². The summed E-state index contributed by atoms with van der Waals surface area (Å²) in [6.45, 7) is 8.06. The summed E-state index contributed by atoms with van der Waals surface area (Å²) in [6, 6.07) is 6.44. The maximum Gasteiger partial charge on any atom is 0.222 e. The summed E-state index contributed by atoms with van der Waals surface area (Å²) in [6.07, 6.45) is 4.08. The molecule has 9 heteroatoms. The summed E-state index contributed by atoms with van der Waals surface area (Å²) in [4.78, 5) is 11.1. The summed E-state index contributed by atoms with van der Waals surface area (Å²) in [5.41, 5.74) is 10.2. The maximum atomic E-state index is 5.91. The van der Waals surface area contributed by atoms with E-state index in [0.717, 1.165) is 67.9 Å². The first-order valence-electron chi connectivity index (χ1n) is 11.0. The number of hydrogen-bond acceptors (Lipinski definition) is 8. The van der Waals surface area contributed by atoms with Crippen molar-refractivity contribution in [2.75, 3.05) is 55.8 Å². The first-order valence-corrected chi connectivity index (χ1v) is 11.0. The van der Waals surface area contributed by atoms with E-state index in [-0.39, 0.29) is 5.95 Å². The highest BCUT2D eigenvalue weighted by molar-refractivity contribution is 5.85. The first-order chi connectivity index (χ1) is 15.1. The molecule has 1 spiro atoms. The number of nitrogens with zero attached hydrogens (tertiary/aromatic N) is 5. The number of ether oxygens (including phenoxy) is 1. The molecule has 164 valence electrons. The van der Waals surface area contributed by atoms with Crippen LogP contribution in [0.25, 0.3) is 11.0 Å². The number of anilines is 3. The van der Waals surface area contributed by atoms with Crippen molar-refractivity contribution in [3.8, 4) is 5.75 Å². The van der Waals surface area contributed by atoms with E-state index >= 15 is 0 Å². The molecule has 2 aliphatic rings. The van der Waals surface area contributed by atoms with Gasteiger partial charge in [-0.2, -0.15) is 10.1 Å². The molecule has 2 aliphatic heterocycles. The van der Waals surface area contributed by atoms with E-state index in [9.17, 15) is 0 Å². The monoisotopic (exact) mass is 422 g/mol. The third-order valence-corrected chi connectivity index (χ3v) is 6.27. The molecule has 0 aliphatic carbocycles. The SMILES string of the molecule is CCCCNc1nc(N)nc2cn(Cc3ccc(N4CC5(CNC5)C4)cc3OC)nc12. The Bertz CT molecular complexity index is 1080. The number of aromatic nitrogens is 4. The van der Waals surface area contributed by atoms with E-state index in [1.165, 1.54) is 5.69 Å². The highest BCUT2D eigenvalue weighted by atomic mass is 16.5. The average molecular weight is 423 g/mol. The molecule has 1 aromatic carbocycles. The van der Waals surface area contributed by atoms with Gasteiger partial charge in [0.2, 0.25) is 5.95 Å². The number of nitrogen functional groups attached to an aromatic ring is 1. The average Bonchev–Trinajstić information content (AvgIpc) is 3.09. The van der Waals surface area contributed by atoms with Gasteiger partial charge in [0, 0.05) is 55.5 Å². The van der Waals surface area contributed by atoms with Gasteiger partial charge in [-0.1, -0.05) is 19.4 Å². The topological polar surface area (TPSA) is 106 Å². The Morgan fingerprint density at radius 2 is 2.10 bits per heavy atom. The van der Waals surface area contributed by atoms with Gasteiger partial charge in [-0.15, -0.1) is 0 Å². The summed E-state index contributed by atoms with van der Waals surface area (Å²) >= 11 is 0. The van der Waals surface area contributed by atoms with E-state index in [1.807, 2.05) is 10.9 Å². The van der Waals surface area contributed by atoms with Gasteiger partial charge in [0.05, 0.1) is 19.9 Å². The van der Waals surface area contributed by atoms with Crippen molar-refractivity contribution in [1.82, 2.24) is 25.1 Å². The van der Waals surface area contributed by atoms with Crippen molar-refractivity contribution in [2.45, 2.75) is 26.3 Å². The summed E-state index contributed by atoms with van der Waals surface area (Å²) in [7, 11) is 1.72. The van der Waals surface area contributed by atoms with Gasteiger partial charge in [-0.3, -0.25) is 4.68 Å². The van der Waals surface area contributed by atoms with Crippen LogP contribution in [0.5, 0.6) is 5.75 Å². The molecule has 0 bridgehead atoms. The predicted octanol–water partition coefficient (Wildman–Crippen LogP) is 2.09. The molecule has 5 rings (SSSR count). The van der Waals surface area contributed by atoms with E-state index in [1.54, 1.807) is 7.11 Å². The minimum atomic E-state index is 0.252. The van der Waals surface area contributed by atoms with Crippen LogP contribution in [-0.4, -0.2) is 59.6 Å². The zero-order valence-electron chi connectivity index (χ0n) is 18.2. The number of nitrogens with two attached hydrogens (primary N) is 1. The molecule has 0 amide bonds. The van der Waals surface area contributed by atoms with Crippen LogP contribution in [0.15, 0.2) is 24.4 Å². The maximum absolute atomic E-state index is 5.91. The fraction of sp³-hybridized carbons (Fsp3) is 0.500. The van der Waals surface area contributed by atoms with Crippen LogP contribution in [-0.2, 0) is 6.54 Å². The van der Waals surface area contributed by atoms with Gasteiger partial charge < -0.3 is 26.0 Å². The molecule has 4 heterocycles. The lowest BCUT2D eigenvalue weighted by molar-refractivity contribution is 0.121. The summed E-state index contributed by atoms with van der Waals surface area (Å²) in [5.74, 6) is 1.81. The molecule has 2 aromatic heterocycles. The van der Waals surface area contributed by atoms with Crippen LogP contribution in [0, 0.1) is 5.41 Å². The van der Waals surface area contributed by atoms with Crippen molar-refractivity contribution in [2.24, 2.45) is 5.41 Å². The Morgan fingerprint density at radius 1 is 1.26 bits per heavy atom. The number of nitrogens with one attached hydrogen (secondary N) is 2. The van der Waals surface area contributed by atoms with E-state index in [2.05, 4.69) is 50.6 Å². The van der Waals surface area contributed by atoms with Gasteiger partial charge in [-0.05, 0) is 12.5 Å². The Kier molecular flexibility index (Phi) is 5.05. The Morgan fingerprint density at radius 3 is 2.81 bits per heavy atom. The summed E-state index contributed by atoms with van der Waals surface area (Å²) in [5, 5.41) is 11.4. The van der Waals surface area contributed by atoms with Crippen molar-refractivity contribution in [1.29, 1.82) is 0 Å². The van der Waals surface area contributed by atoms with Gasteiger partial charge >= 0.3 is 0 Å². The lowest BCUT2D eigenvalue weighted by atomic mass is 9.74. The molecule has 0 unspecified atom stereocenters. The highest BCUT2D eigenvalue weighted by Crippen LogP contribution is 2.39. The highest BCUT2D eigenvalue weighted by Gasteiger charge is 2.47. The Hall–Kier alpha value is -3.07. The van der Waals surface area contributed by atoms with Gasteiger partial charge in [0.25, 0.3) is 0 Å². The lowest BCUT2D eigenvalue weighted by Gasteiger charge is -2.57. The smallest absolute Gasteiger partial charge is 0.222 e. The Labute approximate surface area is 182 Å². The number of benzene rings is 1. The third kappa shape index (κ3) is 3.74. The van der Waals surface area contributed by atoms with Crippen LogP contribution >= 0.6 is 0 Å². The largest absolute Gasteiger partial charge is 0.496 e. The van der Waals surface area contributed by atoms with Gasteiger partial charge in [0.15, 0.2) is 11.3 Å². The fourth-order valence-electron chi connectivity index (χ4n) is 4.45. The molecular formula is C22H30N8O. The quantitative estimate of drug-likeness (QED) is 0.474. The molecular weight excluding hydrogens is 392 g/mol. The lowest BCUT2D eigenvalue weighted by Crippen LogP contribution is -2.71. The van der Waals surface area contributed by atoms with Crippen LogP contribution in [0.1, 0.15) is 25.3 Å². The number of methoxy groups -OCH3 is 1. The number of hydrogen-bond donors (Lipinski definition) is 3. The number of fused-ring (bicyclic) bond motifs is 1. The fourth-order valence-corrected chi connectivity index (χ4v) is 4.45.